The largest absolute Gasteiger partial charge is 0.433 e. The molecule has 0 bridgehead atoms. The SMILES string of the molecule is Cc1nc(C(F)(F)F)ccc1SCC(CC1CCCN1)N1CC2(COC2)C1. The van der Waals surface area contributed by atoms with Crippen LogP contribution in [-0.4, -0.2) is 60.6 Å². The van der Waals surface area contributed by atoms with Crippen LogP contribution in [0.1, 0.15) is 30.7 Å². The van der Waals surface area contributed by atoms with E-state index in [4.69, 9.17) is 4.74 Å². The lowest BCUT2D eigenvalue weighted by Crippen LogP contribution is -2.68. The number of hydrogen-bond acceptors (Lipinski definition) is 5. The zero-order chi connectivity index (χ0) is 19.1. The Balaban J connectivity index is 1.39. The topological polar surface area (TPSA) is 37.4 Å². The van der Waals surface area contributed by atoms with Crippen LogP contribution in [0.15, 0.2) is 17.0 Å². The predicted octanol–water partition coefficient (Wildman–Crippen LogP) is 3.34. The third-order valence-electron chi connectivity index (χ3n) is 5.89. The van der Waals surface area contributed by atoms with Gasteiger partial charge in [0, 0.05) is 41.2 Å². The van der Waals surface area contributed by atoms with Crippen molar-refractivity contribution in [3.05, 3.63) is 23.5 Å². The number of pyridine rings is 1. The number of hydrogen-bond donors (Lipinski definition) is 1. The second-order valence-corrected chi connectivity index (χ2v) is 9.23. The molecule has 2 unspecified atom stereocenters. The molecule has 3 aliphatic heterocycles. The standard InChI is InChI=1S/C19H26F3N3OS/c1-13-16(4-5-17(24-13)19(20,21)22)27-8-15(7-14-3-2-6-23-14)25-9-18(10-25)11-26-12-18/h4-5,14-15,23H,2-3,6-12H2,1H3. The second-order valence-electron chi connectivity index (χ2n) is 8.17. The molecule has 0 radical (unpaired) electrons. The van der Waals surface area contributed by atoms with Gasteiger partial charge < -0.3 is 10.1 Å². The quantitative estimate of drug-likeness (QED) is 0.740. The predicted molar refractivity (Wildman–Crippen MR) is 99.0 cm³/mol. The van der Waals surface area contributed by atoms with E-state index in [9.17, 15) is 13.2 Å². The number of aryl methyl sites for hydroxylation is 1. The van der Waals surface area contributed by atoms with Gasteiger partial charge in [-0.25, -0.2) is 4.98 Å². The van der Waals surface area contributed by atoms with Gasteiger partial charge in [0.15, 0.2) is 0 Å². The molecular formula is C19H26F3N3OS. The van der Waals surface area contributed by atoms with E-state index in [0.29, 0.717) is 23.2 Å². The molecule has 0 aliphatic carbocycles. The van der Waals surface area contributed by atoms with Gasteiger partial charge in [-0.3, -0.25) is 4.90 Å². The second kappa shape index (κ2) is 7.54. The number of rotatable bonds is 6. The maximum absolute atomic E-state index is 12.8. The molecular weight excluding hydrogens is 375 g/mol. The van der Waals surface area contributed by atoms with Gasteiger partial charge in [0.25, 0.3) is 0 Å². The van der Waals surface area contributed by atoms with Crippen molar-refractivity contribution in [2.75, 3.05) is 38.6 Å². The molecule has 1 N–H and O–H groups in total. The number of thioether (sulfide) groups is 1. The van der Waals surface area contributed by atoms with Crippen molar-refractivity contribution in [2.24, 2.45) is 5.41 Å². The third kappa shape index (κ3) is 4.28. The highest BCUT2D eigenvalue weighted by Gasteiger charge is 2.50. The lowest BCUT2D eigenvalue weighted by Gasteiger charge is -2.57. The molecule has 3 fully saturated rings. The number of halogens is 3. The summed E-state index contributed by atoms with van der Waals surface area (Å²) in [6.45, 7) is 6.64. The van der Waals surface area contributed by atoms with Gasteiger partial charge in [-0.2, -0.15) is 13.2 Å². The average molecular weight is 401 g/mol. The Labute approximate surface area is 162 Å². The van der Waals surface area contributed by atoms with E-state index in [1.54, 1.807) is 24.8 Å². The van der Waals surface area contributed by atoms with Crippen molar-refractivity contribution in [3.63, 3.8) is 0 Å². The Hall–Kier alpha value is -0.830. The molecule has 0 aromatic carbocycles. The zero-order valence-electron chi connectivity index (χ0n) is 15.5. The lowest BCUT2D eigenvalue weighted by molar-refractivity contribution is -0.197. The number of nitrogens with zero attached hydrogens (tertiary/aromatic N) is 2. The highest BCUT2D eigenvalue weighted by atomic mass is 32.2. The Morgan fingerprint density at radius 1 is 1.37 bits per heavy atom. The first kappa shape index (κ1) is 19.5. The van der Waals surface area contributed by atoms with Crippen LogP contribution >= 0.6 is 11.8 Å². The molecule has 0 saturated carbocycles. The fourth-order valence-corrected chi connectivity index (χ4v) is 5.44. The number of aromatic nitrogens is 1. The van der Waals surface area contributed by atoms with E-state index >= 15 is 0 Å². The molecule has 1 aromatic rings. The third-order valence-corrected chi connectivity index (χ3v) is 7.18. The van der Waals surface area contributed by atoms with E-state index < -0.39 is 11.9 Å². The number of alkyl halides is 3. The lowest BCUT2D eigenvalue weighted by atomic mass is 9.77. The normalized spacial score (nSPS) is 26.0. The highest BCUT2D eigenvalue weighted by molar-refractivity contribution is 7.99. The Kier molecular flexibility index (Phi) is 5.44. The molecule has 3 saturated heterocycles. The number of nitrogens with one attached hydrogen (secondary N) is 1. The molecule has 1 spiro atoms. The summed E-state index contributed by atoms with van der Waals surface area (Å²) in [6.07, 6.45) is -0.854. The maximum atomic E-state index is 12.8. The van der Waals surface area contributed by atoms with Gasteiger partial charge in [0.2, 0.25) is 0 Å². The van der Waals surface area contributed by atoms with Crippen molar-refractivity contribution in [2.45, 2.75) is 49.3 Å². The molecule has 4 rings (SSSR count). The molecule has 3 aliphatic rings. The van der Waals surface area contributed by atoms with Crippen LogP contribution in [0.4, 0.5) is 13.2 Å². The molecule has 27 heavy (non-hydrogen) atoms. The van der Waals surface area contributed by atoms with Crippen LogP contribution in [0.25, 0.3) is 0 Å². The van der Waals surface area contributed by atoms with Crippen LogP contribution in [0, 0.1) is 12.3 Å². The molecule has 150 valence electrons. The van der Waals surface area contributed by atoms with Crippen LogP contribution in [-0.2, 0) is 10.9 Å². The fraction of sp³-hybridized carbons (Fsp3) is 0.737. The van der Waals surface area contributed by atoms with Crippen LogP contribution < -0.4 is 5.32 Å². The minimum Gasteiger partial charge on any atom is -0.380 e. The molecule has 1 aromatic heterocycles. The van der Waals surface area contributed by atoms with Crippen LogP contribution in [0.3, 0.4) is 0 Å². The Bertz CT molecular complexity index is 667. The summed E-state index contributed by atoms with van der Waals surface area (Å²) in [5.74, 6) is 0.878. The first-order valence-corrected chi connectivity index (χ1v) is 10.6. The van der Waals surface area contributed by atoms with Crippen molar-refractivity contribution >= 4 is 11.8 Å². The number of likely N-dealkylation sites (tertiary alicyclic amines) is 1. The summed E-state index contributed by atoms with van der Waals surface area (Å²) in [4.78, 5) is 7.13. The van der Waals surface area contributed by atoms with Crippen LogP contribution in [0.5, 0.6) is 0 Å². The monoisotopic (exact) mass is 401 g/mol. The van der Waals surface area contributed by atoms with Gasteiger partial charge in [-0.05, 0) is 44.9 Å². The molecule has 4 nitrogen and oxygen atoms in total. The fourth-order valence-electron chi connectivity index (χ4n) is 4.30. The summed E-state index contributed by atoms with van der Waals surface area (Å²) in [5, 5.41) is 3.57. The van der Waals surface area contributed by atoms with E-state index in [0.717, 1.165) is 56.0 Å². The molecule has 0 amide bonds. The van der Waals surface area contributed by atoms with Gasteiger partial charge >= 0.3 is 6.18 Å². The van der Waals surface area contributed by atoms with E-state index in [1.807, 2.05) is 0 Å². The summed E-state index contributed by atoms with van der Waals surface area (Å²) in [6, 6.07) is 3.64. The van der Waals surface area contributed by atoms with E-state index in [2.05, 4.69) is 15.2 Å². The smallest absolute Gasteiger partial charge is 0.380 e. The van der Waals surface area contributed by atoms with Gasteiger partial charge in [0.05, 0.1) is 18.9 Å². The van der Waals surface area contributed by atoms with Crippen LogP contribution in [0.2, 0.25) is 0 Å². The van der Waals surface area contributed by atoms with Crippen molar-refractivity contribution in [1.82, 2.24) is 15.2 Å². The summed E-state index contributed by atoms with van der Waals surface area (Å²) in [5.41, 5.74) is 0.0171. The van der Waals surface area contributed by atoms with Gasteiger partial charge in [-0.15, -0.1) is 11.8 Å². The highest BCUT2D eigenvalue weighted by Crippen LogP contribution is 2.40. The van der Waals surface area contributed by atoms with Crippen molar-refractivity contribution < 1.29 is 17.9 Å². The van der Waals surface area contributed by atoms with E-state index in [1.165, 1.54) is 12.8 Å². The summed E-state index contributed by atoms with van der Waals surface area (Å²) < 4.78 is 43.8. The van der Waals surface area contributed by atoms with Gasteiger partial charge in [-0.1, -0.05) is 0 Å². The zero-order valence-corrected chi connectivity index (χ0v) is 16.3. The van der Waals surface area contributed by atoms with Gasteiger partial charge in [0.1, 0.15) is 5.69 Å². The molecule has 4 heterocycles. The number of ether oxygens (including phenoxy) is 1. The summed E-state index contributed by atoms with van der Waals surface area (Å²) in [7, 11) is 0. The Morgan fingerprint density at radius 3 is 2.70 bits per heavy atom. The Morgan fingerprint density at radius 2 is 2.15 bits per heavy atom. The van der Waals surface area contributed by atoms with E-state index in [-0.39, 0.29) is 0 Å². The molecule has 2 atom stereocenters. The summed E-state index contributed by atoms with van der Waals surface area (Å²) >= 11 is 1.63. The minimum atomic E-state index is -4.39. The average Bonchev–Trinajstić information content (AvgIpc) is 3.02. The first-order valence-electron chi connectivity index (χ1n) is 9.58. The van der Waals surface area contributed by atoms with Crippen molar-refractivity contribution in [3.8, 4) is 0 Å². The maximum Gasteiger partial charge on any atom is 0.433 e. The minimum absolute atomic E-state index is 0.373. The first-order chi connectivity index (χ1) is 12.8. The van der Waals surface area contributed by atoms with Crippen molar-refractivity contribution in [1.29, 1.82) is 0 Å². The molecule has 8 heteroatoms.